The SMILES string of the molecule is COc1cc(C(F)(F)F)nc(NC(=O)NS(=O)(=O)c2ccccc2[N+](=O)[O-])n1. The molecule has 2 aromatic rings. The van der Waals surface area contributed by atoms with Crippen LogP contribution in [-0.4, -0.2) is 36.4 Å². The zero-order valence-corrected chi connectivity index (χ0v) is 14.5. The van der Waals surface area contributed by atoms with Crippen LogP contribution >= 0.6 is 0 Å². The van der Waals surface area contributed by atoms with Crippen molar-refractivity contribution in [3.8, 4) is 5.88 Å². The first-order valence-corrected chi connectivity index (χ1v) is 8.50. The molecule has 1 aromatic carbocycles. The Morgan fingerprint density at radius 2 is 1.89 bits per heavy atom. The minimum absolute atomic E-state index is 0.465. The summed E-state index contributed by atoms with van der Waals surface area (Å²) in [6.07, 6.45) is -4.89. The average Bonchev–Trinajstić information content (AvgIpc) is 2.60. The number of para-hydroxylation sites is 1. The third kappa shape index (κ3) is 4.81. The molecule has 0 spiro atoms. The van der Waals surface area contributed by atoms with Gasteiger partial charge in [-0.1, -0.05) is 12.1 Å². The molecule has 11 nitrogen and oxygen atoms in total. The van der Waals surface area contributed by atoms with Crippen LogP contribution in [0.1, 0.15) is 5.69 Å². The lowest BCUT2D eigenvalue weighted by Gasteiger charge is -2.11. The van der Waals surface area contributed by atoms with Gasteiger partial charge in [0.1, 0.15) is 0 Å². The maximum absolute atomic E-state index is 12.8. The summed E-state index contributed by atoms with van der Waals surface area (Å²) in [5.41, 5.74) is -2.25. The number of nitrogens with one attached hydrogen (secondary N) is 2. The molecule has 1 heterocycles. The van der Waals surface area contributed by atoms with E-state index in [1.807, 2.05) is 0 Å². The number of sulfonamides is 1. The number of hydrogen-bond donors (Lipinski definition) is 2. The fraction of sp³-hybridized carbons (Fsp3) is 0.154. The Balaban J connectivity index is 2.28. The smallest absolute Gasteiger partial charge is 0.433 e. The van der Waals surface area contributed by atoms with Crippen LogP contribution in [0.25, 0.3) is 0 Å². The molecule has 2 rings (SSSR count). The molecule has 15 heteroatoms. The summed E-state index contributed by atoms with van der Waals surface area (Å²) in [5, 5.41) is 12.6. The van der Waals surface area contributed by atoms with Gasteiger partial charge in [0.2, 0.25) is 11.8 Å². The maximum atomic E-state index is 12.8. The molecule has 0 unspecified atom stereocenters. The molecule has 0 saturated heterocycles. The summed E-state index contributed by atoms with van der Waals surface area (Å²) in [6, 6.07) is 3.08. The number of urea groups is 1. The zero-order valence-electron chi connectivity index (χ0n) is 13.7. The van der Waals surface area contributed by atoms with E-state index in [9.17, 15) is 36.5 Å². The van der Waals surface area contributed by atoms with Gasteiger partial charge in [-0.3, -0.25) is 15.4 Å². The van der Waals surface area contributed by atoms with Crippen molar-refractivity contribution in [2.24, 2.45) is 0 Å². The highest BCUT2D eigenvalue weighted by Crippen LogP contribution is 2.30. The number of nitrogens with zero attached hydrogens (tertiary/aromatic N) is 3. The summed E-state index contributed by atoms with van der Waals surface area (Å²) in [6.45, 7) is 0. The fourth-order valence-corrected chi connectivity index (χ4v) is 2.95. The number of ether oxygens (including phenoxy) is 1. The van der Waals surface area contributed by atoms with Crippen LogP contribution in [0.3, 0.4) is 0 Å². The number of nitro groups is 1. The van der Waals surface area contributed by atoms with Gasteiger partial charge in [0.15, 0.2) is 10.6 Å². The minimum Gasteiger partial charge on any atom is -0.481 e. The molecule has 150 valence electrons. The molecular weight excluding hydrogens is 411 g/mol. The van der Waals surface area contributed by atoms with E-state index >= 15 is 0 Å². The topological polar surface area (TPSA) is 153 Å². The van der Waals surface area contributed by atoms with E-state index < -0.39 is 55.3 Å². The van der Waals surface area contributed by atoms with Crippen molar-refractivity contribution in [3.63, 3.8) is 0 Å². The number of alkyl halides is 3. The first kappa shape index (κ1) is 20.8. The summed E-state index contributed by atoms with van der Waals surface area (Å²) >= 11 is 0. The van der Waals surface area contributed by atoms with Crippen LogP contribution in [0.5, 0.6) is 5.88 Å². The Bertz CT molecular complexity index is 1030. The fourth-order valence-electron chi connectivity index (χ4n) is 1.87. The van der Waals surface area contributed by atoms with E-state index in [0.29, 0.717) is 6.07 Å². The summed E-state index contributed by atoms with van der Waals surface area (Å²) in [5.74, 6) is -1.44. The first-order valence-electron chi connectivity index (χ1n) is 7.01. The molecule has 28 heavy (non-hydrogen) atoms. The summed E-state index contributed by atoms with van der Waals surface area (Å²) in [4.78, 5) is 27.5. The van der Waals surface area contributed by atoms with E-state index in [2.05, 4.69) is 14.7 Å². The van der Waals surface area contributed by atoms with E-state index in [-0.39, 0.29) is 0 Å². The van der Waals surface area contributed by atoms with Crippen LogP contribution < -0.4 is 14.8 Å². The molecule has 0 fully saturated rings. The quantitative estimate of drug-likeness (QED) is 0.548. The van der Waals surface area contributed by atoms with Crippen molar-refractivity contribution in [3.05, 3.63) is 46.1 Å². The Kier molecular flexibility index (Phi) is 5.67. The number of methoxy groups -OCH3 is 1. The zero-order chi connectivity index (χ0) is 21.1. The van der Waals surface area contributed by atoms with Crippen LogP contribution in [0.2, 0.25) is 0 Å². The van der Waals surface area contributed by atoms with Gasteiger partial charge in [0.05, 0.1) is 12.0 Å². The molecule has 2 amide bonds. The maximum Gasteiger partial charge on any atom is 0.433 e. The van der Waals surface area contributed by atoms with E-state index in [1.165, 1.54) is 16.9 Å². The van der Waals surface area contributed by atoms with Gasteiger partial charge in [-0.25, -0.2) is 22.9 Å². The van der Waals surface area contributed by atoms with Crippen LogP contribution in [0.4, 0.5) is 29.6 Å². The van der Waals surface area contributed by atoms with Gasteiger partial charge in [-0.2, -0.15) is 18.2 Å². The number of aromatic nitrogens is 2. The third-order valence-electron chi connectivity index (χ3n) is 3.01. The Morgan fingerprint density at radius 3 is 2.46 bits per heavy atom. The summed E-state index contributed by atoms with van der Waals surface area (Å²) in [7, 11) is -3.70. The van der Waals surface area contributed by atoms with E-state index in [4.69, 9.17) is 0 Å². The number of rotatable bonds is 5. The molecular formula is C13H10F3N5O6S. The largest absolute Gasteiger partial charge is 0.481 e. The predicted octanol–water partition coefficient (Wildman–Crippen LogP) is 1.92. The van der Waals surface area contributed by atoms with Gasteiger partial charge in [-0.05, 0) is 6.07 Å². The van der Waals surface area contributed by atoms with Gasteiger partial charge in [-0.15, -0.1) is 0 Å². The molecule has 2 N–H and O–H groups in total. The Labute approximate surface area is 154 Å². The molecule has 0 saturated carbocycles. The predicted molar refractivity (Wildman–Crippen MR) is 86.0 cm³/mol. The minimum atomic E-state index is -4.89. The van der Waals surface area contributed by atoms with Crippen LogP contribution in [0, 0.1) is 10.1 Å². The van der Waals surface area contributed by atoms with Crippen LogP contribution in [0.15, 0.2) is 35.2 Å². The van der Waals surface area contributed by atoms with Crippen molar-refractivity contribution in [2.75, 3.05) is 12.4 Å². The summed E-state index contributed by atoms with van der Waals surface area (Å²) < 4.78 is 68.8. The highest BCUT2D eigenvalue weighted by Gasteiger charge is 2.34. The first-order chi connectivity index (χ1) is 12.9. The molecule has 0 radical (unpaired) electrons. The number of amides is 2. The molecule has 0 aliphatic heterocycles. The highest BCUT2D eigenvalue weighted by molar-refractivity contribution is 7.90. The Morgan fingerprint density at radius 1 is 1.25 bits per heavy atom. The van der Waals surface area contributed by atoms with Crippen molar-refractivity contribution >= 4 is 27.7 Å². The molecule has 0 bridgehead atoms. The second-order valence-electron chi connectivity index (χ2n) is 4.90. The number of hydrogen-bond acceptors (Lipinski definition) is 8. The lowest BCUT2D eigenvalue weighted by molar-refractivity contribution is -0.387. The number of nitro benzene ring substituents is 1. The van der Waals surface area contributed by atoms with Crippen molar-refractivity contribution < 1.29 is 36.0 Å². The molecule has 1 aromatic heterocycles. The number of halogens is 3. The lowest BCUT2D eigenvalue weighted by Crippen LogP contribution is -2.35. The van der Waals surface area contributed by atoms with Gasteiger partial charge in [0, 0.05) is 12.1 Å². The second-order valence-corrected chi connectivity index (χ2v) is 6.55. The molecule has 0 atom stereocenters. The van der Waals surface area contributed by atoms with Crippen molar-refractivity contribution in [1.29, 1.82) is 0 Å². The highest BCUT2D eigenvalue weighted by atomic mass is 32.2. The number of carbonyl (C=O) groups is 1. The van der Waals surface area contributed by atoms with E-state index in [0.717, 1.165) is 19.2 Å². The second kappa shape index (κ2) is 7.63. The standard InChI is InChI=1S/C13H10F3N5O6S/c1-27-10-6-9(13(14,15)16)17-11(18-10)19-12(22)20-28(25,26)8-5-3-2-4-7(8)21(23)24/h2-6H,1H3,(H2,17,18,19,20,22). The van der Waals surface area contributed by atoms with Crippen LogP contribution in [-0.2, 0) is 16.2 Å². The normalized spacial score (nSPS) is 11.6. The lowest BCUT2D eigenvalue weighted by atomic mass is 10.3. The monoisotopic (exact) mass is 421 g/mol. The van der Waals surface area contributed by atoms with E-state index in [1.54, 1.807) is 5.32 Å². The van der Waals surface area contributed by atoms with Gasteiger partial charge >= 0.3 is 12.2 Å². The van der Waals surface area contributed by atoms with Gasteiger partial charge < -0.3 is 4.74 Å². The average molecular weight is 421 g/mol. The molecule has 0 aliphatic carbocycles. The number of benzene rings is 1. The van der Waals surface area contributed by atoms with Crippen molar-refractivity contribution in [2.45, 2.75) is 11.1 Å². The van der Waals surface area contributed by atoms with Crippen molar-refractivity contribution in [1.82, 2.24) is 14.7 Å². The third-order valence-corrected chi connectivity index (χ3v) is 4.38. The van der Waals surface area contributed by atoms with Gasteiger partial charge in [0.25, 0.3) is 15.7 Å². The number of anilines is 1. The molecule has 0 aliphatic rings. The Hall–Kier alpha value is -3.49. The number of carbonyl (C=O) groups excluding carboxylic acids is 1.